The minimum atomic E-state index is -0.230. The van der Waals surface area contributed by atoms with Crippen molar-refractivity contribution in [2.24, 2.45) is 0 Å². The average molecular weight is 371 g/mol. The van der Waals surface area contributed by atoms with Gasteiger partial charge in [0.25, 0.3) is 5.91 Å². The van der Waals surface area contributed by atoms with Crippen molar-refractivity contribution in [3.05, 3.63) is 53.9 Å². The minimum absolute atomic E-state index is 0.0206. The zero-order chi connectivity index (χ0) is 19.1. The fourth-order valence-corrected chi connectivity index (χ4v) is 3.27. The molecule has 144 valence electrons. The van der Waals surface area contributed by atoms with Crippen LogP contribution in [0.2, 0.25) is 0 Å². The lowest BCUT2D eigenvalue weighted by Gasteiger charge is -2.34. The first-order chi connectivity index (χ1) is 13.2. The summed E-state index contributed by atoms with van der Waals surface area (Å²) >= 11 is 0. The topological polar surface area (TPSA) is 72.9 Å². The van der Waals surface area contributed by atoms with Crippen molar-refractivity contribution in [2.45, 2.75) is 6.04 Å². The molecule has 1 amide bonds. The van der Waals surface area contributed by atoms with E-state index in [0.29, 0.717) is 36.8 Å². The highest BCUT2D eigenvalue weighted by Gasteiger charge is 2.25. The monoisotopic (exact) mass is 371 g/mol. The number of hydrogen-bond donors (Lipinski definition) is 1. The molecule has 1 N–H and O–H groups in total. The molecule has 1 atom stereocenters. The number of hydrogen-bond acceptors (Lipinski definition) is 6. The van der Waals surface area contributed by atoms with Crippen LogP contribution in [-0.4, -0.2) is 62.9 Å². The van der Waals surface area contributed by atoms with Gasteiger partial charge >= 0.3 is 0 Å². The summed E-state index contributed by atoms with van der Waals surface area (Å²) in [5, 5.41) is 3.04. The number of ether oxygens (including phenoxy) is 3. The second-order valence-electron chi connectivity index (χ2n) is 6.20. The van der Waals surface area contributed by atoms with Crippen LogP contribution in [-0.2, 0) is 4.74 Å². The lowest BCUT2D eigenvalue weighted by molar-refractivity contribution is 0.0161. The van der Waals surface area contributed by atoms with Crippen LogP contribution in [0, 0.1) is 0 Å². The Morgan fingerprint density at radius 2 is 1.89 bits per heavy atom. The number of nitrogens with one attached hydrogen (secondary N) is 1. The highest BCUT2D eigenvalue weighted by Crippen LogP contribution is 2.28. The number of amides is 1. The number of morpholine rings is 1. The van der Waals surface area contributed by atoms with Crippen molar-refractivity contribution < 1.29 is 19.0 Å². The molecule has 1 aromatic heterocycles. The van der Waals surface area contributed by atoms with Gasteiger partial charge in [0.15, 0.2) is 0 Å². The van der Waals surface area contributed by atoms with E-state index >= 15 is 0 Å². The van der Waals surface area contributed by atoms with E-state index in [2.05, 4.69) is 15.2 Å². The normalized spacial score (nSPS) is 15.8. The summed E-state index contributed by atoms with van der Waals surface area (Å²) in [5.74, 6) is 0.735. The standard InChI is InChI=1S/C20H25N3O4/c1-25-17-6-3-7-18(26-2)19(17)20(24)22-14-16(15-5-4-8-21-13-15)23-9-11-27-12-10-23/h3-8,13,16H,9-12,14H2,1-2H3,(H,22,24). The fraction of sp³-hybridized carbons (Fsp3) is 0.400. The van der Waals surface area contributed by atoms with Crippen LogP contribution in [0.25, 0.3) is 0 Å². The first-order valence-electron chi connectivity index (χ1n) is 8.95. The van der Waals surface area contributed by atoms with Crippen LogP contribution in [0.4, 0.5) is 0 Å². The van der Waals surface area contributed by atoms with Gasteiger partial charge in [0.05, 0.1) is 33.5 Å². The van der Waals surface area contributed by atoms with E-state index in [1.165, 1.54) is 14.2 Å². The van der Waals surface area contributed by atoms with E-state index in [1.54, 1.807) is 24.4 Å². The SMILES string of the molecule is COc1cccc(OC)c1C(=O)NCC(c1cccnc1)N1CCOCC1. The molecular weight excluding hydrogens is 346 g/mol. The summed E-state index contributed by atoms with van der Waals surface area (Å²) < 4.78 is 16.1. The van der Waals surface area contributed by atoms with Gasteiger partial charge in [-0.3, -0.25) is 14.7 Å². The minimum Gasteiger partial charge on any atom is -0.496 e. The quantitative estimate of drug-likeness (QED) is 0.802. The molecule has 0 radical (unpaired) electrons. The molecule has 0 spiro atoms. The third-order valence-corrected chi connectivity index (χ3v) is 4.67. The maximum absolute atomic E-state index is 12.9. The molecule has 2 heterocycles. The number of rotatable bonds is 7. The number of pyridine rings is 1. The Labute approximate surface area is 159 Å². The molecule has 7 nitrogen and oxygen atoms in total. The Morgan fingerprint density at radius 1 is 1.19 bits per heavy atom. The van der Waals surface area contributed by atoms with Gasteiger partial charge in [0.1, 0.15) is 17.1 Å². The van der Waals surface area contributed by atoms with E-state index < -0.39 is 0 Å². The molecule has 0 saturated carbocycles. The average Bonchev–Trinajstić information content (AvgIpc) is 2.74. The Morgan fingerprint density at radius 3 is 2.48 bits per heavy atom. The van der Waals surface area contributed by atoms with E-state index in [-0.39, 0.29) is 11.9 Å². The molecule has 2 aromatic rings. The summed E-state index contributed by atoms with van der Waals surface area (Å²) in [6.07, 6.45) is 3.59. The summed E-state index contributed by atoms with van der Waals surface area (Å²) in [7, 11) is 3.08. The third-order valence-electron chi connectivity index (χ3n) is 4.67. The van der Waals surface area contributed by atoms with Crippen LogP contribution < -0.4 is 14.8 Å². The number of carbonyl (C=O) groups is 1. The molecule has 1 aromatic carbocycles. The van der Waals surface area contributed by atoms with Crippen molar-refractivity contribution in [1.29, 1.82) is 0 Å². The van der Waals surface area contributed by atoms with Crippen LogP contribution in [0.3, 0.4) is 0 Å². The van der Waals surface area contributed by atoms with Gasteiger partial charge in [-0.05, 0) is 23.8 Å². The first kappa shape index (κ1) is 19.1. The van der Waals surface area contributed by atoms with E-state index in [1.807, 2.05) is 18.3 Å². The zero-order valence-corrected chi connectivity index (χ0v) is 15.7. The highest BCUT2D eigenvalue weighted by atomic mass is 16.5. The van der Waals surface area contributed by atoms with E-state index in [9.17, 15) is 4.79 Å². The molecule has 1 saturated heterocycles. The molecular formula is C20H25N3O4. The molecule has 1 unspecified atom stereocenters. The van der Waals surface area contributed by atoms with Crippen LogP contribution in [0.1, 0.15) is 22.0 Å². The molecule has 1 aliphatic rings. The Balaban J connectivity index is 1.78. The van der Waals surface area contributed by atoms with Crippen molar-refractivity contribution in [1.82, 2.24) is 15.2 Å². The Bertz CT molecular complexity index is 726. The molecule has 0 bridgehead atoms. The Hall–Kier alpha value is -2.64. The Kier molecular flexibility index (Phi) is 6.62. The summed E-state index contributed by atoms with van der Waals surface area (Å²) in [6, 6.07) is 9.25. The van der Waals surface area contributed by atoms with Gasteiger partial charge in [0, 0.05) is 32.0 Å². The highest BCUT2D eigenvalue weighted by molar-refractivity contribution is 5.99. The van der Waals surface area contributed by atoms with Gasteiger partial charge in [-0.15, -0.1) is 0 Å². The largest absolute Gasteiger partial charge is 0.496 e. The maximum atomic E-state index is 12.9. The van der Waals surface area contributed by atoms with Crippen LogP contribution in [0.15, 0.2) is 42.7 Å². The first-order valence-corrected chi connectivity index (χ1v) is 8.95. The molecule has 1 aliphatic heterocycles. The number of carbonyl (C=O) groups excluding carboxylic acids is 1. The summed E-state index contributed by atoms with van der Waals surface area (Å²) in [4.78, 5) is 19.4. The number of nitrogens with zero attached hydrogens (tertiary/aromatic N) is 2. The van der Waals surface area contributed by atoms with Gasteiger partial charge in [0.2, 0.25) is 0 Å². The van der Waals surface area contributed by atoms with Crippen LogP contribution >= 0.6 is 0 Å². The molecule has 27 heavy (non-hydrogen) atoms. The van der Waals surface area contributed by atoms with Gasteiger partial charge in [-0.25, -0.2) is 0 Å². The van der Waals surface area contributed by atoms with E-state index in [4.69, 9.17) is 14.2 Å². The summed E-state index contributed by atoms with van der Waals surface area (Å²) in [6.45, 7) is 3.45. The molecule has 3 rings (SSSR count). The van der Waals surface area contributed by atoms with E-state index in [0.717, 1.165) is 18.7 Å². The molecule has 1 fully saturated rings. The number of benzene rings is 1. The van der Waals surface area contributed by atoms with Crippen molar-refractivity contribution in [2.75, 3.05) is 47.1 Å². The zero-order valence-electron chi connectivity index (χ0n) is 15.7. The van der Waals surface area contributed by atoms with Gasteiger partial charge in [-0.2, -0.15) is 0 Å². The number of aromatic nitrogens is 1. The second kappa shape index (κ2) is 9.34. The second-order valence-corrected chi connectivity index (χ2v) is 6.20. The predicted molar refractivity (Wildman–Crippen MR) is 101 cm³/mol. The molecule has 7 heteroatoms. The third kappa shape index (κ3) is 4.56. The number of methoxy groups -OCH3 is 2. The van der Waals surface area contributed by atoms with Gasteiger partial charge < -0.3 is 19.5 Å². The van der Waals surface area contributed by atoms with Crippen molar-refractivity contribution in [3.63, 3.8) is 0 Å². The van der Waals surface area contributed by atoms with Gasteiger partial charge in [-0.1, -0.05) is 12.1 Å². The fourth-order valence-electron chi connectivity index (χ4n) is 3.27. The lowest BCUT2D eigenvalue weighted by atomic mass is 10.1. The maximum Gasteiger partial charge on any atom is 0.258 e. The van der Waals surface area contributed by atoms with Crippen molar-refractivity contribution >= 4 is 5.91 Å². The summed E-state index contributed by atoms with van der Waals surface area (Å²) in [5.41, 5.74) is 1.46. The molecule has 0 aliphatic carbocycles. The smallest absolute Gasteiger partial charge is 0.258 e. The lowest BCUT2D eigenvalue weighted by Crippen LogP contribution is -2.44. The van der Waals surface area contributed by atoms with Crippen molar-refractivity contribution in [3.8, 4) is 11.5 Å². The predicted octanol–water partition coefficient (Wildman–Crippen LogP) is 1.90. The van der Waals surface area contributed by atoms with Crippen LogP contribution in [0.5, 0.6) is 11.5 Å².